The number of hydrogen-bond donors (Lipinski definition) is 1. The quantitative estimate of drug-likeness (QED) is 0.358. The van der Waals surface area contributed by atoms with Gasteiger partial charge in [0.15, 0.2) is 5.11 Å². The van der Waals surface area contributed by atoms with Crippen molar-refractivity contribution in [3.05, 3.63) is 107 Å². The lowest BCUT2D eigenvalue weighted by molar-refractivity contribution is 0.565. The summed E-state index contributed by atoms with van der Waals surface area (Å²) in [6.07, 6.45) is 1.80. The molecule has 2 atom stereocenters. The Morgan fingerprint density at radius 2 is 1.63 bits per heavy atom. The molecular weight excluding hydrogens is 457 g/mol. The van der Waals surface area contributed by atoms with Gasteiger partial charge in [-0.05, 0) is 98.4 Å². The zero-order valence-corrected chi connectivity index (χ0v) is 21.1. The largest absolute Gasteiger partial charge is 0.378 e. The molecule has 0 radical (unpaired) electrons. The van der Waals surface area contributed by atoms with Crippen LogP contribution in [0.4, 0.5) is 15.8 Å². The first-order valence-electron chi connectivity index (χ1n) is 11.6. The highest BCUT2D eigenvalue weighted by Crippen LogP contribution is 2.43. The number of anilines is 2. The summed E-state index contributed by atoms with van der Waals surface area (Å²) in [5.41, 5.74) is 7.41. The van der Waals surface area contributed by atoms with Gasteiger partial charge >= 0.3 is 0 Å². The number of aromatic nitrogens is 2. The fourth-order valence-electron chi connectivity index (χ4n) is 4.93. The highest BCUT2D eigenvalue weighted by Gasteiger charge is 2.42. The average molecular weight is 486 g/mol. The van der Waals surface area contributed by atoms with Crippen molar-refractivity contribution < 1.29 is 4.39 Å². The van der Waals surface area contributed by atoms with Crippen LogP contribution in [0.5, 0.6) is 0 Å². The molecule has 0 unspecified atom stereocenters. The van der Waals surface area contributed by atoms with E-state index in [0.29, 0.717) is 5.11 Å². The second-order valence-electron chi connectivity index (χ2n) is 9.05. The minimum Gasteiger partial charge on any atom is -0.378 e. The van der Waals surface area contributed by atoms with Crippen LogP contribution in [0.15, 0.2) is 79.0 Å². The second kappa shape index (κ2) is 9.15. The number of pyridine rings is 1. The van der Waals surface area contributed by atoms with E-state index in [0.717, 1.165) is 39.7 Å². The van der Waals surface area contributed by atoms with Crippen molar-refractivity contribution >= 4 is 28.7 Å². The predicted molar refractivity (Wildman–Crippen MR) is 144 cm³/mol. The van der Waals surface area contributed by atoms with Gasteiger partial charge in [-0.1, -0.05) is 6.07 Å². The molecule has 1 N–H and O–H groups in total. The topological polar surface area (TPSA) is 36.3 Å². The molecule has 35 heavy (non-hydrogen) atoms. The number of rotatable bonds is 5. The maximum Gasteiger partial charge on any atom is 0.174 e. The van der Waals surface area contributed by atoms with Crippen molar-refractivity contribution in [3.8, 4) is 5.69 Å². The zero-order chi connectivity index (χ0) is 24.7. The van der Waals surface area contributed by atoms with Crippen LogP contribution in [-0.2, 0) is 0 Å². The molecule has 2 aromatic carbocycles. The normalized spacial score (nSPS) is 17.5. The van der Waals surface area contributed by atoms with E-state index in [2.05, 4.69) is 68.8 Å². The van der Waals surface area contributed by atoms with Gasteiger partial charge in [0.1, 0.15) is 5.82 Å². The van der Waals surface area contributed by atoms with Crippen LogP contribution in [-0.4, -0.2) is 28.8 Å². The average Bonchev–Trinajstić information content (AvgIpc) is 3.35. The summed E-state index contributed by atoms with van der Waals surface area (Å²) in [6, 6.07) is 22.9. The molecule has 0 spiro atoms. The van der Waals surface area contributed by atoms with Crippen LogP contribution in [0.25, 0.3) is 5.69 Å². The summed E-state index contributed by atoms with van der Waals surface area (Å²) in [5.74, 6) is -0.274. The maximum atomic E-state index is 13.7. The van der Waals surface area contributed by atoms with Crippen molar-refractivity contribution in [3.63, 3.8) is 0 Å². The van der Waals surface area contributed by atoms with Crippen molar-refractivity contribution in [2.75, 3.05) is 23.9 Å². The first-order valence-corrected chi connectivity index (χ1v) is 12.0. The van der Waals surface area contributed by atoms with E-state index in [9.17, 15) is 4.39 Å². The molecule has 1 aliphatic rings. The van der Waals surface area contributed by atoms with E-state index in [-0.39, 0.29) is 17.9 Å². The van der Waals surface area contributed by atoms with Gasteiger partial charge in [0, 0.05) is 48.7 Å². The summed E-state index contributed by atoms with van der Waals surface area (Å²) in [7, 11) is 4.08. The van der Waals surface area contributed by atoms with E-state index in [4.69, 9.17) is 12.2 Å². The highest BCUT2D eigenvalue weighted by molar-refractivity contribution is 7.80. The lowest BCUT2D eigenvalue weighted by atomic mass is 9.96. The van der Waals surface area contributed by atoms with E-state index >= 15 is 0 Å². The molecule has 0 saturated carbocycles. The van der Waals surface area contributed by atoms with E-state index in [1.54, 1.807) is 18.3 Å². The lowest BCUT2D eigenvalue weighted by Crippen LogP contribution is -2.29. The van der Waals surface area contributed by atoms with Gasteiger partial charge in [0.2, 0.25) is 0 Å². The Morgan fingerprint density at radius 3 is 2.26 bits per heavy atom. The summed E-state index contributed by atoms with van der Waals surface area (Å²) in [4.78, 5) is 8.81. The van der Waals surface area contributed by atoms with Gasteiger partial charge in [-0.15, -0.1) is 0 Å². The zero-order valence-electron chi connectivity index (χ0n) is 20.2. The summed E-state index contributed by atoms with van der Waals surface area (Å²) in [6.45, 7) is 4.26. The molecular formula is C28H28FN5S. The number of hydrogen-bond acceptors (Lipinski definition) is 3. The van der Waals surface area contributed by atoms with Crippen molar-refractivity contribution in [1.82, 2.24) is 14.9 Å². The second-order valence-corrected chi connectivity index (χ2v) is 9.43. The summed E-state index contributed by atoms with van der Waals surface area (Å²) in [5, 5.41) is 4.08. The smallest absolute Gasteiger partial charge is 0.174 e. The van der Waals surface area contributed by atoms with Crippen LogP contribution in [0, 0.1) is 19.7 Å². The Balaban J connectivity index is 1.64. The molecule has 5 rings (SSSR count). The molecule has 2 aromatic heterocycles. The fraction of sp³-hybridized carbons (Fsp3) is 0.214. The van der Waals surface area contributed by atoms with Gasteiger partial charge in [0.05, 0.1) is 17.8 Å². The van der Waals surface area contributed by atoms with Gasteiger partial charge < -0.3 is 19.7 Å². The van der Waals surface area contributed by atoms with Gasteiger partial charge in [-0.2, -0.15) is 0 Å². The SMILES string of the molecule is Cc1cc([C@H]2[C@H](c3ccccn3)NC(=S)N2c2ccc(F)cc2)c(C)n1-c1ccc(N(C)C)cc1. The Labute approximate surface area is 210 Å². The van der Waals surface area contributed by atoms with Crippen LogP contribution < -0.4 is 15.1 Å². The van der Waals surface area contributed by atoms with Gasteiger partial charge in [-0.25, -0.2) is 4.39 Å². The number of aryl methyl sites for hydroxylation is 1. The first-order chi connectivity index (χ1) is 16.8. The standard InChI is InChI=1S/C28H28FN5S/c1-18-17-24(19(2)33(18)22-14-12-21(13-15-22)32(3)4)27-26(25-7-5-6-16-30-25)31-28(35)34(27)23-10-8-20(29)9-11-23/h5-17,26-27H,1-4H3,(H,31,35)/t26-,27-/m0/s1. The molecule has 0 bridgehead atoms. The Bertz CT molecular complexity index is 1350. The molecule has 7 heteroatoms. The first kappa shape index (κ1) is 23.1. The maximum absolute atomic E-state index is 13.7. The third-order valence-electron chi connectivity index (χ3n) is 6.62. The van der Waals surface area contributed by atoms with E-state index in [1.807, 2.05) is 32.3 Å². The van der Waals surface area contributed by atoms with Crippen molar-refractivity contribution in [2.45, 2.75) is 25.9 Å². The van der Waals surface area contributed by atoms with Crippen LogP contribution in [0.3, 0.4) is 0 Å². The molecule has 178 valence electrons. The van der Waals surface area contributed by atoms with Crippen LogP contribution >= 0.6 is 12.2 Å². The molecule has 0 aliphatic carbocycles. The van der Waals surface area contributed by atoms with E-state index in [1.165, 1.54) is 12.1 Å². The van der Waals surface area contributed by atoms with Crippen LogP contribution in [0.2, 0.25) is 0 Å². The number of halogens is 1. The third kappa shape index (κ3) is 4.17. The Kier molecular flexibility index (Phi) is 6.03. The van der Waals surface area contributed by atoms with Gasteiger partial charge in [-0.3, -0.25) is 4.98 Å². The predicted octanol–water partition coefficient (Wildman–Crippen LogP) is 5.87. The molecule has 4 aromatic rings. The molecule has 1 fully saturated rings. The number of nitrogens with zero attached hydrogens (tertiary/aromatic N) is 4. The molecule has 1 aliphatic heterocycles. The molecule has 1 saturated heterocycles. The number of benzene rings is 2. The molecule has 3 heterocycles. The monoisotopic (exact) mass is 485 g/mol. The minimum absolute atomic E-state index is 0.149. The number of thiocarbonyl (C=S) groups is 1. The van der Waals surface area contributed by atoms with E-state index < -0.39 is 0 Å². The van der Waals surface area contributed by atoms with Gasteiger partial charge in [0.25, 0.3) is 0 Å². The fourth-order valence-corrected chi connectivity index (χ4v) is 5.28. The van der Waals surface area contributed by atoms with Crippen molar-refractivity contribution in [2.24, 2.45) is 0 Å². The van der Waals surface area contributed by atoms with Crippen molar-refractivity contribution in [1.29, 1.82) is 0 Å². The lowest BCUT2D eigenvalue weighted by Gasteiger charge is -2.28. The summed E-state index contributed by atoms with van der Waals surface area (Å²) < 4.78 is 16.0. The third-order valence-corrected chi connectivity index (χ3v) is 6.93. The molecule has 5 nitrogen and oxygen atoms in total. The molecule has 0 amide bonds. The van der Waals surface area contributed by atoms with Crippen LogP contribution in [0.1, 0.15) is 34.7 Å². The summed E-state index contributed by atoms with van der Waals surface area (Å²) >= 11 is 5.81. The Morgan fingerprint density at radius 1 is 0.943 bits per heavy atom. The number of nitrogens with one attached hydrogen (secondary N) is 1. The highest BCUT2D eigenvalue weighted by atomic mass is 32.1. The Hall–Kier alpha value is -3.71. The minimum atomic E-state index is -0.274.